The number of rotatable bonds is 4. The van der Waals surface area contributed by atoms with Crippen LogP contribution in [0.25, 0.3) is 16.9 Å². The minimum Gasteiger partial charge on any atom is -0.370 e. The van der Waals surface area contributed by atoms with Crippen LogP contribution in [0.2, 0.25) is 0 Å². The van der Waals surface area contributed by atoms with Crippen molar-refractivity contribution in [3.05, 3.63) is 32.7 Å². The maximum Gasteiger partial charge on any atom is 0.332 e. The van der Waals surface area contributed by atoms with Crippen LogP contribution >= 0.6 is 0 Å². The minimum absolute atomic E-state index is 0.212. The summed E-state index contributed by atoms with van der Waals surface area (Å²) in [5.74, 6) is 0.696. The van der Waals surface area contributed by atoms with E-state index in [1.165, 1.54) is 14.0 Å². The monoisotopic (exact) mass is 375 g/mol. The second-order valence-electron chi connectivity index (χ2n) is 7.60. The third-order valence-electron chi connectivity index (χ3n) is 5.47. The van der Waals surface area contributed by atoms with Crippen molar-refractivity contribution >= 4 is 16.9 Å². The number of imidazole rings is 2. The van der Waals surface area contributed by atoms with E-state index in [9.17, 15) is 9.59 Å². The molecule has 1 fully saturated rings. The van der Waals surface area contributed by atoms with Crippen LogP contribution in [0.4, 0.5) is 0 Å². The Morgan fingerprint density at radius 2 is 1.96 bits per heavy atom. The number of ether oxygens (including phenoxy) is 1. The molecule has 4 rings (SSSR count). The number of fused-ring (bicyclic) bond motifs is 3. The predicted molar refractivity (Wildman–Crippen MR) is 102 cm³/mol. The minimum atomic E-state index is -0.311. The number of morpholine rings is 1. The van der Waals surface area contributed by atoms with E-state index in [1.807, 2.05) is 17.5 Å². The molecule has 0 atom stereocenters. The Balaban J connectivity index is 1.85. The van der Waals surface area contributed by atoms with Crippen LogP contribution in [0, 0.1) is 6.92 Å². The first-order valence-corrected chi connectivity index (χ1v) is 9.51. The first-order valence-electron chi connectivity index (χ1n) is 9.51. The van der Waals surface area contributed by atoms with Gasteiger partial charge in [-0.25, -0.2) is 4.79 Å². The first-order chi connectivity index (χ1) is 12.9. The summed E-state index contributed by atoms with van der Waals surface area (Å²) in [6.07, 6.45) is 1.92. The standard InChI is InChI=1S/C18H26N6O3/c1-12(2)24-13(3)11-23-14-15(19-17(23)24)20(4)18(26)22(16(14)25)6-5-21-7-9-27-10-8-21/h11-12H,5-10H2,1-4H3/p+1. The average Bonchev–Trinajstić information content (AvgIpc) is 3.15. The van der Waals surface area contributed by atoms with Gasteiger partial charge in [0.15, 0.2) is 11.2 Å². The Morgan fingerprint density at radius 1 is 1.26 bits per heavy atom. The highest BCUT2D eigenvalue weighted by Crippen LogP contribution is 2.19. The lowest BCUT2D eigenvalue weighted by atomic mass is 10.3. The molecule has 1 aliphatic heterocycles. The lowest BCUT2D eigenvalue weighted by Gasteiger charge is -2.23. The van der Waals surface area contributed by atoms with E-state index in [-0.39, 0.29) is 17.3 Å². The van der Waals surface area contributed by atoms with E-state index in [4.69, 9.17) is 4.74 Å². The molecule has 9 heteroatoms. The van der Waals surface area contributed by atoms with E-state index >= 15 is 0 Å². The van der Waals surface area contributed by atoms with Crippen molar-refractivity contribution in [3.63, 3.8) is 0 Å². The molecule has 0 bridgehead atoms. The van der Waals surface area contributed by atoms with E-state index in [2.05, 4.69) is 23.4 Å². The molecule has 0 aromatic carbocycles. The third-order valence-corrected chi connectivity index (χ3v) is 5.47. The highest BCUT2D eigenvalue weighted by atomic mass is 16.5. The molecule has 9 nitrogen and oxygen atoms in total. The zero-order valence-electron chi connectivity index (χ0n) is 16.4. The molecule has 3 aromatic rings. The fourth-order valence-electron chi connectivity index (χ4n) is 4.04. The number of quaternary nitrogens is 1. The molecule has 3 aromatic heterocycles. The van der Waals surface area contributed by atoms with Gasteiger partial charge in [-0.1, -0.05) is 0 Å². The number of aromatic nitrogens is 5. The molecule has 27 heavy (non-hydrogen) atoms. The number of nitrogens with zero attached hydrogens (tertiary/aromatic N) is 5. The maximum atomic E-state index is 13.2. The second-order valence-corrected chi connectivity index (χ2v) is 7.60. The summed E-state index contributed by atoms with van der Waals surface area (Å²) < 4.78 is 12.1. The normalized spacial score (nSPS) is 16.2. The summed E-state index contributed by atoms with van der Waals surface area (Å²) in [4.78, 5) is 32.0. The van der Waals surface area contributed by atoms with Crippen molar-refractivity contribution < 1.29 is 9.64 Å². The Bertz CT molecular complexity index is 1110. The molecule has 4 heterocycles. The van der Waals surface area contributed by atoms with Gasteiger partial charge < -0.3 is 14.2 Å². The van der Waals surface area contributed by atoms with Gasteiger partial charge >= 0.3 is 5.69 Å². The number of hydrogen-bond donors (Lipinski definition) is 1. The van der Waals surface area contributed by atoms with E-state index in [1.54, 1.807) is 7.05 Å². The van der Waals surface area contributed by atoms with Crippen LogP contribution < -0.4 is 16.1 Å². The molecule has 0 saturated carbocycles. The maximum absolute atomic E-state index is 13.2. The van der Waals surface area contributed by atoms with Crippen LogP contribution in [0.5, 0.6) is 0 Å². The highest BCUT2D eigenvalue weighted by Gasteiger charge is 2.22. The fourth-order valence-corrected chi connectivity index (χ4v) is 4.04. The van der Waals surface area contributed by atoms with E-state index in [0.29, 0.717) is 23.5 Å². The smallest absolute Gasteiger partial charge is 0.332 e. The third kappa shape index (κ3) is 2.81. The van der Waals surface area contributed by atoms with E-state index < -0.39 is 0 Å². The summed E-state index contributed by atoms with van der Waals surface area (Å²) >= 11 is 0. The number of nitrogens with one attached hydrogen (secondary N) is 1. The van der Waals surface area contributed by atoms with E-state index in [0.717, 1.165) is 38.5 Å². The Kier molecular flexibility index (Phi) is 4.43. The van der Waals surface area contributed by atoms with Crippen molar-refractivity contribution in [1.29, 1.82) is 0 Å². The van der Waals surface area contributed by atoms with Crippen LogP contribution in [-0.2, 0) is 18.3 Å². The summed E-state index contributed by atoms with van der Waals surface area (Å²) in [6.45, 7) is 10.6. The van der Waals surface area contributed by atoms with Gasteiger partial charge in [-0.15, -0.1) is 0 Å². The van der Waals surface area contributed by atoms with Gasteiger partial charge in [0.2, 0.25) is 5.78 Å². The van der Waals surface area contributed by atoms with Gasteiger partial charge in [0.1, 0.15) is 13.1 Å². The Morgan fingerprint density at radius 3 is 2.63 bits per heavy atom. The van der Waals surface area contributed by atoms with Gasteiger partial charge in [0.25, 0.3) is 5.56 Å². The largest absolute Gasteiger partial charge is 0.370 e. The van der Waals surface area contributed by atoms with Crippen molar-refractivity contribution in [2.24, 2.45) is 7.05 Å². The van der Waals surface area contributed by atoms with Crippen molar-refractivity contribution in [3.8, 4) is 0 Å². The molecule has 1 aliphatic rings. The predicted octanol–water partition coefficient (Wildman–Crippen LogP) is -1.05. The molecule has 0 unspecified atom stereocenters. The van der Waals surface area contributed by atoms with Gasteiger partial charge in [0, 0.05) is 25.0 Å². The summed E-state index contributed by atoms with van der Waals surface area (Å²) in [5, 5.41) is 0. The molecule has 0 aliphatic carbocycles. The van der Waals surface area contributed by atoms with Crippen LogP contribution in [-0.4, -0.2) is 55.9 Å². The summed E-state index contributed by atoms with van der Waals surface area (Å²) in [7, 11) is 1.68. The first kappa shape index (κ1) is 18.0. The topological polar surface area (TPSA) is 79.9 Å². The zero-order valence-corrected chi connectivity index (χ0v) is 16.4. The number of hydrogen-bond acceptors (Lipinski definition) is 4. The molecule has 0 amide bonds. The van der Waals surface area contributed by atoms with Gasteiger partial charge in [-0.2, -0.15) is 4.98 Å². The van der Waals surface area contributed by atoms with Gasteiger partial charge in [-0.3, -0.25) is 18.3 Å². The quantitative estimate of drug-likeness (QED) is 0.631. The SMILES string of the molecule is Cc1cn2c3c(=O)n(CC[NH+]4CCOCC4)c(=O)n(C)c3nc2n1C(C)C. The van der Waals surface area contributed by atoms with Gasteiger partial charge in [0.05, 0.1) is 26.3 Å². The Hall–Kier alpha value is -2.39. The zero-order chi connectivity index (χ0) is 19.3. The molecular formula is C18H27N6O3+. The molecular weight excluding hydrogens is 348 g/mol. The molecule has 0 radical (unpaired) electrons. The molecule has 0 spiro atoms. The summed E-state index contributed by atoms with van der Waals surface area (Å²) in [5.41, 5.74) is 1.35. The highest BCUT2D eigenvalue weighted by molar-refractivity contribution is 5.75. The van der Waals surface area contributed by atoms with Crippen LogP contribution in [0.15, 0.2) is 15.8 Å². The lowest BCUT2D eigenvalue weighted by molar-refractivity contribution is -0.908. The van der Waals surface area contributed by atoms with Crippen molar-refractivity contribution in [1.82, 2.24) is 23.1 Å². The van der Waals surface area contributed by atoms with Crippen molar-refractivity contribution in [2.45, 2.75) is 33.4 Å². The van der Waals surface area contributed by atoms with Gasteiger partial charge in [-0.05, 0) is 20.8 Å². The lowest BCUT2D eigenvalue weighted by Crippen LogP contribution is -3.14. The molecule has 1 saturated heterocycles. The Labute approximate surface area is 156 Å². The van der Waals surface area contributed by atoms with Crippen LogP contribution in [0.1, 0.15) is 25.6 Å². The number of aryl methyl sites for hydroxylation is 2. The fraction of sp³-hybridized carbons (Fsp3) is 0.611. The van der Waals surface area contributed by atoms with Crippen molar-refractivity contribution in [2.75, 3.05) is 32.8 Å². The summed E-state index contributed by atoms with van der Waals surface area (Å²) in [6, 6.07) is 0.212. The second kappa shape index (κ2) is 6.65. The molecule has 1 N–H and O–H groups in total. The molecule has 146 valence electrons. The van der Waals surface area contributed by atoms with Crippen LogP contribution in [0.3, 0.4) is 0 Å². The average molecular weight is 375 g/mol.